The van der Waals surface area contributed by atoms with Crippen LogP contribution in [-0.4, -0.2) is 84.5 Å². The molecular formula is C27H39ClN2O6. The highest BCUT2D eigenvalue weighted by Crippen LogP contribution is 2.38. The molecule has 9 heteroatoms. The fourth-order valence-corrected chi connectivity index (χ4v) is 4.49. The number of ether oxygens (including phenoxy) is 5. The first-order valence-corrected chi connectivity index (χ1v) is 11.9. The summed E-state index contributed by atoms with van der Waals surface area (Å²) in [7, 11) is 10.2. The maximum Gasteiger partial charge on any atom is 0.227 e. The van der Waals surface area contributed by atoms with Crippen LogP contribution in [0.4, 0.5) is 0 Å². The van der Waals surface area contributed by atoms with E-state index in [-0.39, 0.29) is 18.3 Å². The van der Waals surface area contributed by atoms with Gasteiger partial charge in [-0.25, -0.2) is 0 Å². The van der Waals surface area contributed by atoms with Gasteiger partial charge in [0.25, 0.3) is 0 Å². The summed E-state index contributed by atoms with van der Waals surface area (Å²) < 4.78 is 27.2. The maximum atomic E-state index is 12.9. The van der Waals surface area contributed by atoms with Gasteiger partial charge in [-0.05, 0) is 73.8 Å². The first-order valence-electron chi connectivity index (χ1n) is 11.9. The Morgan fingerprint density at radius 1 is 0.806 bits per heavy atom. The number of hydrogen-bond acceptors (Lipinski definition) is 7. The number of carbonyl (C=O) groups is 1. The largest absolute Gasteiger partial charge is 0.493 e. The van der Waals surface area contributed by atoms with Crippen LogP contribution in [0.2, 0.25) is 0 Å². The minimum absolute atomic E-state index is 0. The van der Waals surface area contributed by atoms with Crippen LogP contribution >= 0.6 is 12.4 Å². The van der Waals surface area contributed by atoms with Crippen LogP contribution in [0.5, 0.6) is 28.7 Å². The van der Waals surface area contributed by atoms with Crippen LogP contribution in [0.1, 0.15) is 23.1 Å². The van der Waals surface area contributed by atoms with Crippen LogP contribution < -0.4 is 23.7 Å². The lowest BCUT2D eigenvalue weighted by atomic mass is 10.0. The Labute approximate surface area is 220 Å². The molecule has 0 fully saturated rings. The molecular weight excluding hydrogens is 484 g/mol. The zero-order chi connectivity index (χ0) is 25.4. The second-order valence-electron chi connectivity index (χ2n) is 8.72. The summed E-state index contributed by atoms with van der Waals surface area (Å²) in [6, 6.07) is 7.92. The van der Waals surface area contributed by atoms with Crippen molar-refractivity contribution in [3.8, 4) is 28.7 Å². The van der Waals surface area contributed by atoms with Crippen molar-refractivity contribution in [2.24, 2.45) is 0 Å². The molecule has 0 bridgehead atoms. The van der Waals surface area contributed by atoms with E-state index in [0.29, 0.717) is 35.2 Å². The third kappa shape index (κ3) is 7.11. The number of benzene rings is 2. The van der Waals surface area contributed by atoms with Crippen molar-refractivity contribution >= 4 is 18.3 Å². The Bertz CT molecular complexity index is 991. The Hall–Kier alpha value is -2.84. The van der Waals surface area contributed by atoms with Gasteiger partial charge in [-0.3, -0.25) is 4.79 Å². The van der Waals surface area contributed by atoms with Crippen LogP contribution in [-0.2, 0) is 24.1 Å². The van der Waals surface area contributed by atoms with Gasteiger partial charge in [0.05, 0.1) is 42.0 Å². The number of hydrogen-bond donors (Lipinski definition) is 0. The van der Waals surface area contributed by atoms with E-state index in [0.717, 1.165) is 62.1 Å². The van der Waals surface area contributed by atoms with Crippen molar-refractivity contribution < 1.29 is 28.5 Å². The first kappa shape index (κ1) is 29.4. The van der Waals surface area contributed by atoms with E-state index < -0.39 is 0 Å². The number of fused-ring (bicyclic) bond motifs is 1. The SMILES string of the molecule is COc1cc2c(cc1OC)CC(=O)N(CCCN(C)CCc1cc(OC)c(OC)c(OC)c1)CC2.Cl. The number of carbonyl (C=O) groups excluding carboxylic acids is 1. The highest BCUT2D eigenvalue weighted by atomic mass is 35.5. The normalized spacial score (nSPS) is 13.0. The number of methoxy groups -OCH3 is 5. The van der Waals surface area contributed by atoms with Crippen molar-refractivity contribution in [3.63, 3.8) is 0 Å². The molecule has 0 saturated heterocycles. The van der Waals surface area contributed by atoms with Gasteiger partial charge < -0.3 is 33.5 Å². The third-order valence-corrected chi connectivity index (χ3v) is 6.53. The molecule has 0 radical (unpaired) electrons. The van der Waals surface area contributed by atoms with Gasteiger partial charge >= 0.3 is 0 Å². The monoisotopic (exact) mass is 522 g/mol. The molecule has 200 valence electrons. The molecule has 3 rings (SSSR count). The van der Waals surface area contributed by atoms with E-state index in [2.05, 4.69) is 11.9 Å². The molecule has 0 atom stereocenters. The maximum absolute atomic E-state index is 12.9. The lowest BCUT2D eigenvalue weighted by Crippen LogP contribution is -2.35. The smallest absolute Gasteiger partial charge is 0.227 e. The van der Waals surface area contributed by atoms with E-state index in [9.17, 15) is 4.79 Å². The number of rotatable bonds is 12. The molecule has 0 N–H and O–H groups in total. The standard InChI is InChI=1S/C27H38N2O6.ClH/c1-28(12-8-19-14-24(33-4)27(35-6)25(15-19)34-5)10-7-11-29-13-9-20-16-22(31-2)23(32-3)17-21(20)18-26(29)30;/h14-17H,7-13,18H2,1-6H3;1H. The lowest BCUT2D eigenvalue weighted by Gasteiger charge is -2.23. The zero-order valence-corrected chi connectivity index (χ0v) is 23.0. The summed E-state index contributed by atoms with van der Waals surface area (Å²) in [4.78, 5) is 17.2. The molecule has 2 aromatic rings. The molecule has 0 unspecified atom stereocenters. The van der Waals surface area contributed by atoms with Gasteiger partial charge in [0.2, 0.25) is 11.7 Å². The fraction of sp³-hybridized carbons (Fsp3) is 0.519. The summed E-state index contributed by atoms with van der Waals surface area (Å²) in [5.41, 5.74) is 3.30. The van der Waals surface area contributed by atoms with E-state index in [4.69, 9.17) is 23.7 Å². The molecule has 1 aliphatic rings. The van der Waals surface area contributed by atoms with Gasteiger partial charge in [-0.2, -0.15) is 0 Å². The molecule has 0 aliphatic carbocycles. The van der Waals surface area contributed by atoms with E-state index in [1.54, 1.807) is 35.5 Å². The summed E-state index contributed by atoms with van der Waals surface area (Å²) in [6.45, 7) is 3.26. The zero-order valence-electron chi connectivity index (χ0n) is 22.2. The molecule has 0 spiro atoms. The van der Waals surface area contributed by atoms with Gasteiger partial charge in [0.1, 0.15) is 0 Å². The summed E-state index contributed by atoms with van der Waals surface area (Å²) in [6.07, 6.45) is 2.99. The average molecular weight is 523 g/mol. The van der Waals surface area contributed by atoms with Gasteiger partial charge in [-0.15, -0.1) is 12.4 Å². The van der Waals surface area contributed by atoms with Crippen LogP contribution in [0, 0.1) is 0 Å². The summed E-state index contributed by atoms with van der Waals surface area (Å²) in [5, 5.41) is 0. The highest BCUT2D eigenvalue weighted by Gasteiger charge is 2.22. The topological polar surface area (TPSA) is 69.7 Å². The Morgan fingerprint density at radius 3 is 1.94 bits per heavy atom. The first-order chi connectivity index (χ1) is 16.9. The number of halogens is 1. The van der Waals surface area contributed by atoms with Gasteiger partial charge in [-0.1, -0.05) is 0 Å². The van der Waals surface area contributed by atoms with Crippen molar-refractivity contribution in [2.45, 2.75) is 25.7 Å². The molecule has 0 aromatic heterocycles. The van der Waals surface area contributed by atoms with Crippen molar-refractivity contribution in [1.29, 1.82) is 0 Å². The van der Waals surface area contributed by atoms with Crippen molar-refractivity contribution in [1.82, 2.24) is 9.80 Å². The van der Waals surface area contributed by atoms with Crippen molar-refractivity contribution in [2.75, 3.05) is 68.8 Å². The molecule has 0 saturated carbocycles. The number of amides is 1. The van der Waals surface area contributed by atoms with Gasteiger partial charge in [0.15, 0.2) is 23.0 Å². The van der Waals surface area contributed by atoms with Gasteiger partial charge in [0, 0.05) is 19.6 Å². The minimum atomic E-state index is 0. The second kappa shape index (κ2) is 14.0. The fourth-order valence-electron chi connectivity index (χ4n) is 4.49. The number of likely N-dealkylation sites (N-methyl/N-ethyl adjacent to an activating group) is 1. The van der Waals surface area contributed by atoms with Crippen LogP contribution in [0.25, 0.3) is 0 Å². The van der Waals surface area contributed by atoms with E-state index >= 15 is 0 Å². The predicted octanol–water partition coefficient (Wildman–Crippen LogP) is 3.64. The predicted molar refractivity (Wildman–Crippen MR) is 143 cm³/mol. The summed E-state index contributed by atoms with van der Waals surface area (Å²) >= 11 is 0. The van der Waals surface area contributed by atoms with E-state index in [1.165, 1.54) is 0 Å². The second-order valence-corrected chi connectivity index (χ2v) is 8.72. The molecule has 1 heterocycles. The Balaban J connectivity index is 0.00000456. The lowest BCUT2D eigenvalue weighted by molar-refractivity contribution is -0.130. The quantitative estimate of drug-likeness (QED) is 0.421. The Kier molecular flexibility index (Phi) is 11.5. The average Bonchev–Trinajstić information content (AvgIpc) is 3.03. The molecule has 1 aliphatic heterocycles. The molecule has 8 nitrogen and oxygen atoms in total. The van der Waals surface area contributed by atoms with Crippen molar-refractivity contribution in [3.05, 3.63) is 41.0 Å². The number of nitrogens with zero attached hydrogens (tertiary/aromatic N) is 2. The van der Waals surface area contributed by atoms with Crippen LogP contribution in [0.3, 0.4) is 0 Å². The Morgan fingerprint density at radius 2 is 1.39 bits per heavy atom. The van der Waals surface area contributed by atoms with E-state index in [1.807, 2.05) is 29.2 Å². The minimum Gasteiger partial charge on any atom is -0.493 e. The summed E-state index contributed by atoms with van der Waals surface area (Å²) in [5.74, 6) is 3.48. The molecule has 1 amide bonds. The molecule has 36 heavy (non-hydrogen) atoms. The highest BCUT2D eigenvalue weighted by molar-refractivity contribution is 5.85. The third-order valence-electron chi connectivity index (χ3n) is 6.53. The molecule has 2 aromatic carbocycles. The van der Waals surface area contributed by atoms with Crippen LogP contribution in [0.15, 0.2) is 24.3 Å².